The first-order valence-electron chi connectivity index (χ1n) is 10.7. The van der Waals surface area contributed by atoms with Crippen LogP contribution in [0.5, 0.6) is 0 Å². The van der Waals surface area contributed by atoms with E-state index >= 15 is 0 Å². The van der Waals surface area contributed by atoms with Crippen molar-refractivity contribution in [1.29, 1.82) is 0 Å². The van der Waals surface area contributed by atoms with Crippen molar-refractivity contribution in [1.82, 2.24) is 14.3 Å². The van der Waals surface area contributed by atoms with Gasteiger partial charge in [0.2, 0.25) is 0 Å². The fraction of sp³-hybridized carbons (Fsp3) is 0.320. The van der Waals surface area contributed by atoms with Crippen LogP contribution in [-0.2, 0) is 13.6 Å². The molecule has 0 spiro atoms. The average molecular weight is 484 g/mol. The Morgan fingerprint density at radius 3 is 2.42 bits per heavy atom. The van der Waals surface area contributed by atoms with Crippen LogP contribution in [0.3, 0.4) is 0 Å². The Morgan fingerprint density at radius 2 is 1.74 bits per heavy atom. The lowest BCUT2D eigenvalue weighted by Gasteiger charge is -2.31. The Hall–Kier alpha value is -2.44. The van der Waals surface area contributed by atoms with Gasteiger partial charge in [0.15, 0.2) is 0 Å². The molecular formula is C25H27BrFN3O. The zero-order chi connectivity index (χ0) is 21.8. The Labute approximate surface area is 190 Å². The van der Waals surface area contributed by atoms with Crippen molar-refractivity contribution in [3.05, 3.63) is 92.6 Å². The molecule has 0 amide bonds. The van der Waals surface area contributed by atoms with Gasteiger partial charge in [-0.2, -0.15) is 0 Å². The fourth-order valence-electron chi connectivity index (χ4n) is 4.21. The third-order valence-electron chi connectivity index (χ3n) is 6.06. The minimum absolute atomic E-state index is 0.0236. The van der Waals surface area contributed by atoms with Crippen molar-refractivity contribution in [2.75, 3.05) is 13.1 Å². The van der Waals surface area contributed by atoms with Crippen LogP contribution in [0.1, 0.15) is 30.5 Å². The van der Waals surface area contributed by atoms with Gasteiger partial charge in [0.25, 0.3) is 5.56 Å². The number of para-hydroxylation sites is 1. The van der Waals surface area contributed by atoms with Crippen LogP contribution in [0.25, 0.3) is 11.8 Å². The van der Waals surface area contributed by atoms with Crippen LogP contribution >= 0.6 is 15.9 Å². The molecule has 1 aliphatic rings. The molecule has 1 aromatic heterocycles. The molecular weight excluding hydrogens is 457 g/mol. The van der Waals surface area contributed by atoms with Crippen LogP contribution in [0.2, 0.25) is 0 Å². The van der Waals surface area contributed by atoms with E-state index in [0.717, 1.165) is 55.8 Å². The predicted molar refractivity (Wildman–Crippen MR) is 127 cm³/mol. The van der Waals surface area contributed by atoms with Gasteiger partial charge >= 0.3 is 0 Å². The van der Waals surface area contributed by atoms with E-state index in [1.54, 1.807) is 16.8 Å². The number of piperidine rings is 1. The molecule has 1 aliphatic heterocycles. The topological polar surface area (TPSA) is 30.2 Å². The smallest absolute Gasteiger partial charge is 0.286 e. The number of halogens is 2. The van der Waals surface area contributed by atoms with Gasteiger partial charge in [0, 0.05) is 13.6 Å². The molecule has 3 aromatic rings. The average Bonchev–Trinajstić information content (AvgIpc) is 3.00. The van der Waals surface area contributed by atoms with Crippen molar-refractivity contribution < 1.29 is 4.39 Å². The molecule has 4 rings (SSSR count). The van der Waals surface area contributed by atoms with Crippen LogP contribution in [0, 0.1) is 11.7 Å². The fourth-order valence-corrected chi connectivity index (χ4v) is 4.76. The van der Waals surface area contributed by atoms with Crippen molar-refractivity contribution in [2.45, 2.75) is 25.8 Å². The third kappa shape index (κ3) is 5.08. The summed E-state index contributed by atoms with van der Waals surface area (Å²) in [6, 6.07) is 16.3. The van der Waals surface area contributed by atoms with Gasteiger partial charge in [-0.3, -0.25) is 14.4 Å². The van der Waals surface area contributed by atoms with Gasteiger partial charge in [0.05, 0.1) is 11.4 Å². The minimum Gasteiger partial charge on any atom is -0.297 e. The Kier molecular flexibility index (Phi) is 6.88. The lowest BCUT2D eigenvalue weighted by atomic mass is 9.93. The van der Waals surface area contributed by atoms with Crippen molar-refractivity contribution >= 4 is 22.0 Å². The van der Waals surface area contributed by atoms with E-state index in [9.17, 15) is 9.18 Å². The number of rotatable bonds is 6. The summed E-state index contributed by atoms with van der Waals surface area (Å²) >= 11 is 3.54. The number of aromatic nitrogens is 2. The van der Waals surface area contributed by atoms with Gasteiger partial charge in [-0.15, -0.1) is 0 Å². The molecule has 4 nitrogen and oxygen atoms in total. The zero-order valence-corrected chi connectivity index (χ0v) is 19.3. The summed E-state index contributed by atoms with van der Waals surface area (Å²) in [4.78, 5) is 15.2. The van der Waals surface area contributed by atoms with E-state index in [-0.39, 0.29) is 11.4 Å². The molecule has 31 heavy (non-hydrogen) atoms. The van der Waals surface area contributed by atoms with E-state index in [1.807, 2.05) is 42.1 Å². The maximum atomic E-state index is 13.0. The summed E-state index contributed by atoms with van der Waals surface area (Å²) < 4.78 is 17.3. The molecule has 0 radical (unpaired) electrons. The normalized spacial score (nSPS) is 15.7. The highest BCUT2D eigenvalue weighted by molar-refractivity contribution is 9.10. The van der Waals surface area contributed by atoms with Crippen LogP contribution in [-0.4, -0.2) is 27.4 Å². The molecule has 0 bridgehead atoms. The van der Waals surface area contributed by atoms with Crippen molar-refractivity contribution in [3.63, 3.8) is 0 Å². The van der Waals surface area contributed by atoms with Gasteiger partial charge < -0.3 is 0 Å². The minimum atomic E-state index is -0.201. The molecule has 1 fully saturated rings. The quantitative estimate of drug-likeness (QED) is 0.470. The summed E-state index contributed by atoms with van der Waals surface area (Å²) in [5.41, 5.74) is 2.88. The molecule has 2 heterocycles. The highest BCUT2D eigenvalue weighted by Gasteiger charge is 2.23. The second kappa shape index (κ2) is 9.79. The SMILES string of the molecule is Cn1c(CN2CCC(C/C=C\c3ccc(F)cc3)CC2)c(Br)c(=O)n1-c1ccccc1. The standard InChI is InChI=1S/C25H27BrFN3O/c1-28-23(24(26)25(31)30(28)22-8-3-2-4-9-22)18-29-16-14-20(15-17-29)7-5-6-19-10-12-21(27)13-11-19/h2-6,8-13,20H,7,14-18H2,1H3/b6-5-. The molecule has 0 N–H and O–H groups in total. The van der Waals surface area contributed by atoms with Crippen molar-refractivity contribution in [2.24, 2.45) is 13.0 Å². The maximum absolute atomic E-state index is 13.0. The Morgan fingerprint density at radius 1 is 1.06 bits per heavy atom. The molecule has 162 valence electrons. The maximum Gasteiger partial charge on any atom is 0.286 e. The van der Waals surface area contributed by atoms with Gasteiger partial charge in [-0.1, -0.05) is 42.5 Å². The molecule has 2 aromatic carbocycles. The number of hydrogen-bond acceptors (Lipinski definition) is 2. The van der Waals surface area contributed by atoms with Crippen LogP contribution in [0.15, 0.2) is 69.9 Å². The number of allylic oxidation sites excluding steroid dienone is 1. The van der Waals surface area contributed by atoms with Gasteiger partial charge in [0.1, 0.15) is 10.3 Å². The second-order valence-electron chi connectivity index (χ2n) is 8.15. The lowest BCUT2D eigenvalue weighted by Crippen LogP contribution is -2.34. The zero-order valence-electron chi connectivity index (χ0n) is 17.7. The highest BCUT2D eigenvalue weighted by atomic mass is 79.9. The van der Waals surface area contributed by atoms with E-state index in [0.29, 0.717) is 10.4 Å². The predicted octanol–water partition coefficient (Wildman–Crippen LogP) is 5.39. The summed E-state index contributed by atoms with van der Waals surface area (Å²) in [5, 5.41) is 0. The number of benzene rings is 2. The summed E-state index contributed by atoms with van der Waals surface area (Å²) in [5.74, 6) is 0.460. The number of hydrogen-bond donors (Lipinski definition) is 0. The van der Waals surface area contributed by atoms with E-state index in [1.165, 1.54) is 12.1 Å². The van der Waals surface area contributed by atoms with E-state index in [4.69, 9.17) is 0 Å². The van der Waals surface area contributed by atoms with E-state index in [2.05, 4.69) is 33.0 Å². The van der Waals surface area contributed by atoms with E-state index < -0.39 is 0 Å². The van der Waals surface area contributed by atoms with Crippen LogP contribution in [0.4, 0.5) is 4.39 Å². The first kappa shape index (κ1) is 21.8. The first-order valence-corrected chi connectivity index (χ1v) is 11.5. The molecule has 6 heteroatoms. The van der Waals surface area contributed by atoms with Crippen molar-refractivity contribution in [3.8, 4) is 5.69 Å². The Bertz CT molecular complexity index is 1090. The number of likely N-dealkylation sites (tertiary alicyclic amines) is 1. The molecule has 0 unspecified atom stereocenters. The third-order valence-corrected chi connectivity index (χ3v) is 6.85. The van der Waals surface area contributed by atoms with Gasteiger partial charge in [-0.05, 0) is 84.0 Å². The van der Waals surface area contributed by atoms with Gasteiger partial charge in [-0.25, -0.2) is 9.07 Å². The highest BCUT2D eigenvalue weighted by Crippen LogP contribution is 2.24. The molecule has 0 aliphatic carbocycles. The second-order valence-corrected chi connectivity index (χ2v) is 8.94. The largest absolute Gasteiger partial charge is 0.297 e. The van der Waals surface area contributed by atoms with Crippen LogP contribution < -0.4 is 5.56 Å². The monoisotopic (exact) mass is 483 g/mol. The Balaban J connectivity index is 1.35. The summed E-state index contributed by atoms with van der Waals surface area (Å²) in [6.07, 6.45) is 7.59. The lowest BCUT2D eigenvalue weighted by molar-refractivity contribution is 0.174. The molecule has 1 saturated heterocycles. The summed E-state index contributed by atoms with van der Waals surface area (Å²) in [7, 11) is 1.95. The molecule has 0 atom stereocenters. The number of nitrogens with zero attached hydrogens (tertiary/aromatic N) is 3. The summed E-state index contributed by atoms with van der Waals surface area (Å²) in [6.45, 7) is 2.79. The first-order chi connectivity index (χ1) is 15.0. The molecule has 0 saturated carbocycles.